The van der Waals surface area contributed by atoms with Crippen LogP contribution in [0.1, 0.15) is 24.7 Å². The first-order valence-electron chi connectivity index (χ1n) is 9.43. The fourth-order valence-electron chi connectivity index (χ4n) is 2.86. The van der Waals surface area contributed by atoms with E-state index in [1.807, 2.05) is 55.5 Å². The largest absolute Gasteiger partial charge is 0.484 e. The van der Waals surface area contributed by atoms with E-state index in [9.17, 15) is 4.79 Å². The molecule has 0 radical (unpaired) electrons. The maximum atomic E-state index is 12.2. The molecule has 2 aromatic carbocycles. The van der Waals surface area contributed by atoms with Crippen LogP contribution < -0.4 is 10.1 Å². The number of fused-ring (bicyclic) bond motifs is 1. The average molecular weight is 407 g/mol. The van der Waals surface area contributed by atoms with Crippen molar-refractivity contribution in [1.29, 1.82) is 0 Å². The molecule has 0 unspecified atom stereocenters. The van der Waals surface area contributed by atoms with Crippen LogP contribution >= 0.6 is 11.3 Å². The van der Waals surface area contributed by atoms with E-state index in [2.05, 4.69) is 27.5 Å². The summed E-state index contributed by atoms with van der Waals surface area (Å²) in [6.45, 7) is 4.05. The molecule has 29 heavy (non-hydrogen) atoms. The summed E-state index contributed by atoms with van der Waals surface area (Å²) in [4.78, 5) is 13.0. The zero-order valence-electron chi connectivity index (χ0n) is 16.3. The predicted molar refractivity (Wildman–Crippen MR) is 113 cm³/mol. The lowest BCUT2D eigenvalue weighted by Crippen LogP contribution is -2.20. The molecular formula is C21H21N5O2S. The van der Waals surface area contributed by atoms with Crippen molar-refractivity contribution in [1.82, 2.24) is 19.8 Å². The lowest BCUT2D eigenvalue weighted by atomic mass is 10.2. The van der Waals surface area contributed by atoms with Gasteiger partial charge in [-0.3, -0.25) is 4.79 Å². The highest BCUT2D eigenvalue weighted by molar-refractivity contribution is 7.19. The van der Waals surface area contributed by atoms with E-state index >= 15 is 0 Å². The molecular weight excluding hydrogens is 386 g/mol. The van der Waals surface area contributed by atoms with Gasteiger partial charge in [-0.2, -0.15) is 9.61 Å². The first-order valence-corrected chi connectivity index (χ1v) is 10.2. The number of rotatable bonds is 7. The Kier molecular flexibility index (Phi) is 5.53. The zero-order valence-corrected chi connectivity index (χ0v) is 17.1. The number of aryl methyl sites for hydroxylation is 2. The minimum absolute atomic E-state index is 0.0512. The quantitative estimate of drug-likeness (QED) is 0.498. The van der Waals surface area contributed by atoms with Gasteiger partial charge in [0.25, 0.3) is 5.91 Å². The number of ether oxygens (including phenoxy) is 1. The van der Waals surface area contributed by atoms with Gasteiger partial charge in [0.1, 0.15) is 10.8 Å². The van der Waals surface area contributed by atoms with Crippen molar-refractivity contribution in [3.05, 3.63) is 59.9 Å². The Morgan fingerprint density at radius 3 is 2.79 bits per heavy atom. The van der Waals surface area contributed by atoms with Crippen LogP contribution in [-0.2, 0) is 11.2 Å². The fraction of sp³-hybridized carbons (Fsp3) is 0.238. The summed E-state index contributed by atoms with van der Waals surface area (Å²) in [6, 6.07) is 15.2. The van der Waals surface area contributed by atoms with Gasteiger partial charge >= 0.3 is 0 Å². The van der Waals surface area contributed by atoms with Crippen LogP contribution in [0, 0.1) is 6.92 Å². The second kappa shape index (κ2) is 8.40. The number of amides is 1. The van der Waals surface area contributed by atoms with Crippen molar-refractivity contribution in [2.45, 2.75) is 26.7 Å². The lowest BCUT2D eigenvalue weighted by Gasteiger charge is -2.08. The predicted octanol–water partition coefficient (Wildman–Crippen LogP) is 4.13. The second-order valence-electron chi connectivity index (χ2n) is 6.70. The van der Waals surface area contributed by atoms with Gasteiger partial charge in [-0.15, -0.1) is 10.2 Å². The number of hydrogen-bond acceptors (Lipinski definition) is 6. The van der Waals surface area contributed by atoms with E-state index in [1.54, 1.807) is 4.52 Å². The monoisotopic (exact) mass is 407 g/mol. The summed E-state index contributed by atoms with van der Waals surface area (Å²) in [5, 5.41) is 16.7. The highest BCUT2D eigenvalue weighted by atomic mass is 32.1. The number of hydrogen-bond donors (Lipinski definition) is 1. The summed E-state index contributed by atoms with van der Waals surface area (Å²) < 4.78 is 7.33. The van der Waals surface area contributed by atoms with Crippen molar-refractivity contribution in [2.24, 2.45) is 0 Å². The Labute approximate surface area is 172 Å². The van der Waals surface area contributed by atoms with E-state index in [1.165, 1.54) is 11.3 Å². The molecule has 4 rings (SSSR count). The number of aromatic nitrogens is 4. The molecule has 4 aromatic rings. The van der Waals surface area contributed by atoms with E-state index in [4.69, 9.17) is 4.74 Å². The number of nitrogens with one attached hydrogen (secondary N) is 1. The van der Waals surface area contributed by atoms with E-state index in [0.29, 0.717) is 11.4 Å². The smallest absolute Gasteiger partial charge is 0.262 e. The van der Waals surface area contributed by atoms with Crippen molar-refractivity contribution in [3.63, 3.8) is 0 Å². The van der Waals surface area contributed by atoms with Crippen molar-refractivity contribution >= 4 is 27.9 Å². The van der Waals surface area contributed by atoms with Gasteiger partial charge in [-0.25, -0.2) is 0 Å². The molecule has 7 nitrogen and oxygen atoms in total. The minimum Gasteiger partial charge on any atom is -0.484 e. The van der Waals surface area contributed by atoms with Crippen LogP contribution in [0.2, 0.25) is 0 Å². The summed E-state index contributed by atoms with van der Waals surface area (Å²) in [6.07, 6.45) is 1.82. The Morgan fingerprint density at radius 1 is 1.17 bits per heavy atom. The van der Waals surface area contributed by atoms with Crippen LogP contribution in [0.25, 0.3) is 15.5 Å². The number of anilines is 1. The topological polar surface area (TPSA) is 81.4 Å². The van der Waals surface area contributed by atoms with Crippen LogP contribution in [0.3, 0.4) is 0 Å². The van der Waals surface area contributed by atoms with Gasteiger partial charge in [0.2, 0.25) is 4.96 Å². The Balaban J connectivity index is 1.44. The Hall–Kier alpha value is -3.26. The standard InChI is InChI=1S/C21H21N5O2S/c1-3-5-18-23-24-21-26(18)25-20(29-21)15-6-4-7-16(12-15)22-19(27)13-28-17-10-8-14(2)9-11-17/h4,6-12H,3,5,13H2,1-2H3,(H,22,27). The number of carbonyl (C=O) groups excluding carboxylic acids is 1. The van der Waals surface area contributed by atoms with E-state index in [0.717, 1.165) is 39.8 Å². The van der Waals surface area contributed by atoms with Gasteiger partial charge in [0.15, 0.2) is 12.4 Å². The fourth-order valence-corrected chi connectivity index (χ4v) is 3.72. The van der Waals surface area contributed by atoms with Crippen LogP contribution in [0.5, 0.6) is 5.75 Å². The van der Waals surface area contributed by atoms with Gasteiger partial charge in [-0.05, 0) is 37.6 Å². The van der Waals surface area contributed by atoms with E-state index in [-0.39, 0.29) is 12.5 Å². The molecule has 0 aliphatic heterocycles. The maximum absolute atomic E-state index is 12.2. The zero-order chi connectivity index (χ0) is 20.2. The SMILES string of the molecule is CCCc1nnc2sc(-c3cccc(NC(=O)COc4ccc(C)cc4)c3)nn12. The van der Waals surface area contributed by atoms with Crippen LogP contribution in [0.4, 0.5) is 5.69 Å². The first-order chi connectivity index (χ1) is 14.1. The van der Waals surface area contributed by atoms with Gasteiger partial charge in [0.05, 0.1) is 0 Å². The van der Waals surface area contributed by atoms with Crippen LogP contribution in [-0.4, -0.2) is 32.3 Å². The highest BCUT2D eigenvalue weighted by Crippen LogP contribution is 2.27. The molecule has 148 valence electrons. The van der Waals surface area contributed by atoms with Gasteiger partial charge < -0.3 is 10.1 Å². The molecule has 0 aliphatic rings. The van der Waals surface area contributed by atoms with Crippen LogP contribution in [0.15, 0.2) is 48.5 Å². The molecule has 1 amide bonds. The molecule has 2 aromatic heterocycles. The first kappa shape index (κ1) is 19.1. The molecule has 1 N–H and O–H groups in total. The van der Waals surface area contributed by atoms with E-state index < -0.39 is 0 Å². The van der Waals surface area contributed by atoms with Crippen molar-refractivity contribution in [3.8, 4) is 16.3 Å². The Bertz CT molecular complexity index is 1130. The third-order valence-corrected chi connectivity index (χ3v) is 5.26. The molecule has 0 aliphatic carbocycles. The molecule has 2 heterocycles. The molecule has 0 spiro atoms. The minimum atomic E-state index is -0.217. The summed E-state index contributed by atoms with van der Waals surface area (Å²) in [7, 11) is 0. The Morgan fingerprint density at radius 2 is 2.00 bits per heavy atom. The molecule has 0 saturated heterocycles. The third-order valence-electron chi connectivity index (χ3n) is 4.31. The second-order valence-corrected chi connectivity index (χ2v) is 7.65. The summed E-state index contributed by atoms with van der Waals surface area (Å²) in [5.41, 5.74) is 2.76. The molecule has 0 bridgehead atoms. The maximum Gasteiger partial charge on any atom is 0.262 e. The van der Waals surface area contributed by atoms with Gasteiger partial charge in [-0.1, -0.05) is 48.1 Å². The normalized spacial score (nSPS) is 11.0. The highest BCUT2D eigenvalue weighted by Gasteiger charge is 2.13. The molecule has 0 fully saturated rings. The molecule has 0 atom stereocenters. The summed E-state index contributed by atoms with van der Waals surface area (Å²) >= 11 is 1.47. The number of carbonyl (C=O) groups is 1. The summed E-state index contributed by atoms with van der Waals surface area (Å²) in [5.74, 6) is 1.32. The molecule has 8 heteroatoms. The number of benzene rings is 2. The lowest BCUT2D eigenvalue weighted by molar-refractivity contribution is -0.118. The number of nitrogens with zero attached hydrogens (tertiary/aromatic N) is 4. The third kappa shape index (κ3) is 4.43. The average Bonchev–Trinajstić information content (AvgIpc) is 3.30. The van der Waals surface area contributed by atoms with Crippen molar-refractivity contribution in [2.75, 3.05) is 11.9 Å². The van der Waals surface area contributed by atoms with Crippen molar-refractivity contribution < 1.29 is 9.53 Å². The van der Waals surface area contributed by atoms with Gasteiger partial charge in [0, 0.05) is 17.7 Å². The molecule has 0 saturated carbocycles.